The number of aromatic hydroxyl groups is 1. The van der Waals surface area contributed by atoms with E-state index >= 15 is 0 Å². The van der Waals surface area contributed by atoms with Crippen molar-refractivity contribution in [1.82, 2.24) is 9.80 Å². The van der Waals surface area contributed by atoms with Gasteiger partial charge in [-0.05, 0) is 37.3 Å². The van der Waals surface area contributed by atoms with Crippen LogP contribution in [0.2, 0.25) is 0 Å². The van der Waals surface area contributed by atoms with E-state index in [1.165, 1.54) is 0 Å². The van der Waals surface area contributed by atoms with Crippen molar-refractivity contribution in [2.45, 2.75) is 13.5 Å². The molecule has 27 heavy (non-hydrogen) atoms. The summed E-state index contributed by atoms with van der Waals surface area (Å²) in [4.78, 5) is 16.8. The van der Waals surface area contributed by atoms with Crippen LogP contribution >= 0.6 is 0 Å². The molecule has 0 aliphatic carbocycles. The van der Waals surface area contributed by atoms with Crippen molar-refractivity contribution >= 4 is 5.91 Å². The van der Waals surface area contributed by atoms with E-state index in [0.29, 0.717) is 18.7 Å². The van der Waals surface area contributed by atoms with Crippen LogP contribution in [0.4, 0.5) is 0 Å². The molecule has 1 fully saturated rings. The van der Waals surface area contributed by atoms with Crippen LogP contribution in [-0.2, 0) is 6.54 Å². The molecule has 144 valence electrons. The van der Waals surface area contributed by atoms with Crippen molar-refractivity contribution in [2.75, 3.05) is 40.4 Å². The molecule has 0 unspecified atom stereocenters. The van der Waals surface area contributed by atoms with Crippen LogP contribution in [0.1, 0.15) is 21.5 Å². The molecule has 0 atom stereocenters. The number of carbonyl (C=O) groups is 1. The van der Waals surface area contributed by atoms with Crippen molar-refractivity contribution in [1.29, 1.82) is 0 Å². The molecule has 3 rings (SSSR count). The number of phenols is 1. The summed E-state index contributed by atoms with van der Waals surface area (Å²) in [5.74, 6) is 1.55. The standard InChI is InChI=1S/C21H26N2O4/c1-15-4-6-19(24)18(12-15)21(25)23-10-8-22(9-11-23)14-16-13-17(26-2)5-7-20(16)27-3/h4-7,12-13,24H,8-11,14H2,1-3H3. The Balaban J connectivity index is 1.64. The van der Waals surface area contributed by atoms with E-state index in [-0.39, 0.29) is 11.7 Å². The second kappa shape index (κ2) is 8.31. The summed E-state index contributed by atoms with van der Waals surface area (Å²) in [5, 5.41) is 10.0. The number of hydrogen-bond acceptors (Lipinski definition) is 5. The van der Waals surface area contributed by atoms with E-state index in [4.69, 9.17) is 9.47 Å². The lowest BCUT2D eigenvalue weighted by atomic mass is 10.1. The smallest absolute Gasteiger partial charge is 0.257 e. The van der Waals surface area contributed by atoms with Gasteiger partial charge in [0.25, 0.3) is 5.91 Å². The molecule has 1 N–H and O–H groups in total. The highest BCUT2D eigenvalue weighted by Crippen LogP contribution is 2.26. The number of benzene rings is 2. The molecule has 0 bridgehead atoms. The molecule has 1 aliphatic heterocycles. The number of phenolic OH excluding ortho intramolecular Hbond substituents is 1. The first kappa shape index (κ1) is 19.0. The Bertz CT molecular complexity index is 814. The SMILES string of the molecule is COc1ccc(OC)c(CN2CCN(C(=O)c3cc(C)ccc3O)CC2)c1. The van der Waals surface area contributed by atoms with Crippen molar-refractivity contribution in [3.05, 3.63) is 53.1 Å². The molecular weight excluding hydrogens is 344 g/mol. The summed E-state index contributed by atoms with van der Waals surface area (Å²) in [5.41, 5.74) is 2.39. The average Bonchev–Trinajstić information content (AvgIpc) is 2.69. The van der Waals surface area contributed by atoms with Crippen LogP contribution in [0.15, 0.2) is 36.4 Å². The quantitative estimate of drug-likeness (QED) is 0.877. The van der Waals surface area contributed by atoms with E-state index in [2.05, 4.69) is 4.90 Å². The molecule has 2 aromatic carbocycles. The van der Waals surface area contributed by atoms with E-state index in [1.807, 2.05) is 25.1 Å². The number of nitrogens with zero attached hydrogens (tertiary/aromatic N) is 2. The summed E-state index contributed by atoms with van der Waals surface area (Å²) in [6.07, 6.45) is 0. The van der Waals surface area contributed by atoms with Crippen molar-refractivity contribution in [3.8, 4) is 17.2 Å². The molecule has 1 amide bonds. The van der Waals surface area contributed by atoms with E-state index in [1.54, 1.807) is 37.3 Å². The van der Waals surface area contributed by atoms with Crippen LogP contribution in [0.3, 0.4) is 0 Å². The second-order valence-electron chi connectivity index (χ2n) is 6.77. The highest BCUT2D eigenvalue weighted by Gasteiger charge is 2.24. The molecule has 0 radical (unpaired) electrons. The number of aryl methyl sites for hydroxylation is 1. The zero-order valence-corrected chi connectivity index (χ0v) is 16.1. The van der Waals surface area contributed by atoms with Gasteiger partial charge in [0, 0.05) is 38.3 Å². The first-order chi connectivity index (χ1) is 13.0. The maximum absolute atomic E-state index is 12.7. The lowest BCUT2D eigenvalue weighted by molar-refractivity contribution is 0.0624. The van der Waals surface area contributed by atoms with Gasteiger partial charge in [-0.1, -0.05) is 11.6 Å². The molecule has 0 spiro atoms. The van der Waals surface area contributed by atoms with Gasteiger partial charge in [-0.25, -0.2) is 0 Å². The Morgan fingerprint density at radius 1 is 1.04 bits per heavy atom. The molecule has 6 nitrogen and oxygen atoms in total. The van der Waals surface area contributed by atoms with E-state index in [0.717, 1.165) is 42.3 Å². The van der Waals surface area contributed by atoms with E-state index < -0.39 is 0 Å². The summed E-state index contributed by atoms with van der Waals surface area (Å²) in [6.45, 7) is 5.42. The van der Waals surface area contributed by atoms with Gasteiger partial charge in [0.2, 0.25) is 0 Å². The van der Waals surface area contributed by atoms with Crippen LogP contribution < -0.4 is 9.47 Å². The monoisotopic (exact) mass is 370 g/mol. The number of carbonyl (C=O) groups excluding carboxylic acids is 1. The maximum atomic E-state index is 12.7. The number of piperazine rings is 1. The van der Waals surface area contributed by atoms with Crippen molar-refractivity contribution in [3.63, 3.8) is 0 Å². The van der Waals surface area contributed by atoms with Gasteiger partial charge in [0.1, 0.15) is 17.2 Å². The zero-order valence-electron chi connectivity index (χ0n) is 16.1. The van der Waals surface area contributed by atoms with Gasteiger partial charge in [0.15, 0.2) is 0 Å². The topological polar surface area (TPSA) is 62.2 Å². The zero-order chi connectivity index (χ0) is 19.4. The fourth-order valence-corrected chi connectivity index (χ4v) is 3.35. The third-order valence-electron chi connectivity index (χ3n) is 4.92. The number of amides is 1. The lowest BCUT2D eigenvalue weighted by Gasteiger charge is -2.35. The van der Waals surface area contributed by atoms with Gasteiger partial charge in [-0.15, -0.1) is 0 Å². The van der Waals surface area contributed by atoms with Gasteiger partial charge < -0.3 is 19.5 Å². The molecule has 0 aromatic heterocycles. The lowest BCUT2D eigenvalue weighted by Crippen LogP contribution is -2.48. The Morgan fingerprint density at radius 3 is 2.44 bits per heavy atom. The Labute approximate surface area is 159 Å². The molecule has 0 saturated carbocycles. The number of ether oxygens (including phenoxy) is 2. The third-order valence-corrected chi connectivity index (χ3v) is 4.92. The largest absolute Gasteiger partial charge is 0.507 e. The van der Waals surface area contributed by atoms with Crippen LogP contribution in [0.25, 0.3) is 0 Å². The molecule has 1 aliphatic rings. The summed E-state index contributed by atoms with van der Waals surface area (Å²) < 4.78 is 10.8. The third kappa shape index (κ3) is 4.34. The Kier molecular flexibility index (Phi) is 5.86. The molecular formula is C21H26N2O4. The number of hydrogen-bond donors (Lipinski definition) is 1. The number of rotatable bonds is 5. The number of methoxy groups -OCH3 is 2. The van der Waals surface area contributed by atoms with Crippen molar-refractivity contribution in [2.24, 2.45) is 0 Å². The van der Waals surface area contributed by atoms with Gasteiger partial charge in [0.05, 0.1) is 19.8 Å². The highest BCUT2D eigenvalue weighted by molar-refractivity contribution is 5.97. The highest BCUT2D eigenvalue weighted by atomic mass is 16.5. The fraction of sp³-hybridized carbons (Fsp3) is 0.381. The fourth-order valence-electron chi connectivity index (χ4n) is 3.35. The second-order valence-corrected chi connectivity index (χ2v) is 6.77. The molecule has 2 aromatic rings. The summed E-state index contributed by atoms with van der Waals surface area (Å²) in [7, 11) is 3.31. The van der Waals surface area contributed by atoms with Crippen molar-refractivity contribution < 1.29 is 19.4 Å². The Morgan fingerprint density at radius 2 is 1.78 bits per heavy atom. The van der Waals surface area contributed by atoms with Gasteiger partial charge >= 0.3 is 0 Å². The molecule has 6 heteroatoms. The minimum absolute atomic E-state index is 0.0362. The predicted molar refractivity (Wildman–Crippen MR) is 104 cm³/mol. The summed E-state index contributed by atoms with van der Waals surface area (Å²) >= 11 is 0. The van der Waals surface area contributed by atoms with Gasteiger partial charge in [-0.2, -0.15) is 0 Å². The first-order valence-corrected chi connectivity index (χ1v) is 9.04. The van der Waals surface area contributed by atoms with Crippen LogP contribution in [0, 0.1) is 6.92 Å². The minimum atomic E-state index is -0.116. The molecule has 1 heterocycles. The first-order valence-electron chi connectivity index (χ1n) is 9.04. The average molecular weight is 370 g/mol. The maximum Gasteiger partial charge on any atom is 0.257 e. The minimum Gasteiger partial charge on any atom is -0.507 e. The van der Waals surface area contributed by atoms with Crippen LogP contribution in [0.5, 0.6) is 17.2 Å². The predicted octanol–water partition coefficient (Wildman–Crippen LogP) is 2.68. The Hall–Kier alpha value is -2.73. The van der Waals surface area contributed by atoms with Crippen LogP contribution in [-0.4, -0.2) is 61.2 Å². The molecule has 1 saturated heterocycles. The summed E-state index contributed by atoms with van der Waals surface area (Å²) in [6, 6.07) is 10.9. The van der Waals surface area contributed by atoms with Gasteiger partial charge in [-0.3, -0.25) is 9.69 Å². The normalized spacial score (nSPS) is 14.9. The van der Waals surface area contributed by atoms with E-state index in [9.17, 15) is 9.90 Å².